The summed E-state index contributed by atoms with van der Waals surface area (Å²) in [6.07, 6.45) is 0.949. The summed E-state index contributed by atoms with van der Waals surface area (Å²) in [6, 6.07) is 7.76. The lowest BCUT2D eigenvalue weighted by atomic mass is 10.3. The molecule has 4 nitrogen and oxygen atoms in total. The number of hydrogen-bond donors (Lipinski definition) is 2. The van der Waals surface area contributed by atoms with Crippen molar-refractivity contribution in [2.45, 2.75) is 0 Å². The van der Waals surface area contributed by atoms with E-state index in [9.17, 15) is 8.78 Å². The summed E-state index contributed by atoms with van der Waals surface area (Å²) in [5.74, 6) is -0.810. The molecule has 1 aromatic heterocycles. The number of aromatic nitrogens is 1. The first kappa shape index (κ1) is 13.1. The van der Waals surface area contributed by atoms with Crippen LogP contribution in [0.2, 0.25) is 0 Å². The molecule has 0 saturated carbocycles. The predicted octanol–water partition coefficient (Wildman–Crippen LogP) is 2.43. The lowest BCUT2D eigenvalue weighted by molar-refractivity contribution is 0.332. The molecule has 2 aromatic rings. The number of ether oxygens (including phenoxy) is 1. The maximum atomic E-state index is 13.2. The topological polar surface area (TPSA) is 60.2 Å². The van der Waals surface area contributed by atoms with E-state index >= 15 is 0 Å². The number of nitrogens with one attached hydrogen (secondary N) is 1. The van der Waals surface area contributed by atoms with E-state index in [1.165, 1.54) is 0 Å². The average molecular weight is 265 g/mol. The molecule has 19 heavy (non-hydrogen) atoms. The first-order valence-corrected chi connectivity index (χ1v) is 5.68. The highest BCUT2D eigenvalue weighted by molar-refractivity contribution is 5.43. The van der Waals surface area contributed by atoms with E-state index in [1.807, 2.05) is 0 Å². The van der Waals surface area contributed by atoms with Crippen LogP contribution in [-0.2, 0) is 0 Å². The van der Waals surface area contributed by atoms with Crippen molar-refractivity contribution in [1.82, 2.24) is 4.98 Å². The third-order valence-corrected chi connectivity index (χ3v) is 2.33. The third kappa shape index (κ3) is 3.80. The summed E-state index contributed by atoms with van der Waals surface area (Å²) in [5, 5.41) is 2.72. The van der Waals surface area contributed by atoms with Gasteiger partial charge in [0.25, 0.3) is 0 Å². The first-order valence-electron chi connectivity index (χ1n) is 5.68. The average Bonchev–Trinajstić information content (AvgIpc) is 2.37. The number of benzene rings is 1. The highest BCUT2D eigenvalue weighted by Gasteiger charge is 2.04. The van der Waals surface area contributed by atoms with Crippen LogP contribution in [0.3, 0.4) is 0 Å². The van der Waals surface area contributed by atoms with E-state index in [0.717, 1.165) is 12.3 Å². The van der Waals surface area contributed by atoms with Gasteiger partial charge in [-0.1, -0.05) is 6.07 Å². The Morgan fingerprint density at radius 2 is 2.11 bits per heavy atom. The minimum Gasteiger partial charge on any atom is -0.492 e. The maximum absolute atomic E-state index is 13.2. The summed E-state index contributed by atoms with van der Waals surface area (Å²) in [5.41, 5.74) is 6.21. The zero-order valence-electron chi connectivity index (χ0n) is 10.1. The second-order valence-electron chi connectivity index (χ2n) is 3.83. The van der Waals surface area contributed by atoms with Crippen LogP contribution in [0.15, 0.2) is 36.5 Å². The van der Waals surface area contributed by atoms with E-state index in [2.05, 4.69) is 10.3 Å². The highest BCUT2D eigenvalue weighted by Crippen LogP contribution is 2.14. The van der Waals surface area contributed by atoms with Crippen LogP contribution < -0.4 is 15.8 Å². The Kier molecular flexibility index (Phi) is 4.12. The van der Waals surface area contributed by atoms with Gasteiger partial charge in [-0.05, 0) is 12.1 Å². The van der Waals surface area contributed by atoms with Crippen LogP contribution in [0, 0.1) is 11.6 Å². The second kappa shape index (κ2) is 5.99. The zero-order chi connectivity index (χ0) is 13.7. The second-order valence-corrected chi connectivity index (χ2v) is 3.83. The van der Waals surface area contributed by atoms with Gasteiger partial charge in [0, 0.05) is 17.8 Å². The fourth-order valence-electron chi connectivity index (χ4n) is 1.49. The first-order chi connectivity index (χ1) is 9.15. The monoisotopic (exact) mass is 265 g/mol. The largest absolute Gasteiger partial charge is 0.492 e. The molecule has 0 spiro atoms. The van der Waals surface area contributed by atoms with Gasteiger partial charge in [0.1, 0.15) is 18.2 Å². The standard InChI is InChI=1S/C13H13F2N3O/c14-9-6-12(15)13(18-8-9)17-4-5-19-11-3-1-2-10(16)7-11/h1-3,6-8H,4-5,16H2,(H,17,18). The summed E-state index contributed by atoms with van der Waals surface area (Å²) >= 11 is 0. The van der Waals surface area contributed by atoms with Crippen molar-refractivity contribution in [3.8, 4) is 5.75 Å². The Hall–Kier alpha value is -2.37. The number of nitrogens with zero attached hydrogens (tertiary/aromatic N) is 1. The molecule has 0 bridgehead atoms. The van der Waals surface area contributed by atoms with Gasteiger partial charge in [-0.2, -0.15) is 0 Å². The maximum Gasteiger partial charge on any atom is 0.168 e. The molecule has 0 aliphatic rings. The SMILES string of the molecule is Nc1cccc(OCCNc2ncc(F)cc2F)c1. The molecule has 100 valence electrons. The fraction of sp³-hybridized carbons (Fsp3) is 0.154. The smallest absolute Gasteiger partial charge is 0.168 e. The molecular weight excluding hydrogens is 252 g/mol. The molecule has 0 aliphatic heterocycles. The van der Waals surface area contributed by atoms with Crippen molar-refractivity contribution in [3.63, 3.8) is 0 Å². The normalized spacial score (nSPS) is 10.2. The van der Waals surface area contributed by atoms with Crippen molar-refractivity contribution in [1.29, 1.82) is 0 Å². The molecular formula is C13H13F2N3O. The minimum absolute atomic E-state index is 0.00224. The summed E-state index contributed by atoms with van der Waals surface area (Å²) in [7, 11) is 0. The van der Waals surface area contributed by atoms with Crippen molar-refractivity contribution >= 4 is 11.5 Å². The van der Waals surface area contributed by atoms with Crippen molar-refractivity contribution in [2.75, 3.05) is 24.2 Å². The van der Waals surface area contributed by atoms with Crippen LogP contribution in [-0.4, -0.2) is 18.1 Å². The van der Waals surface area contributed by atoms with Gasteiger partial charge in [0.15, 0.2) is 11.6 Å². The van der Waals surface area contributed by atoms with Crippen molar-refractivity contribution < 1.29 is 13.5 Å². The van der Waals surface area contributed by atoms with Gasteiger partial charge in [-0.25, -0.2) is 13.8 Å². The molecule has 3 N–H and O–H groups in total. The summed E-state index contributed by atoms with van der Waals surface area (Å²) in [4.78, 5) is 3.60. The van der Waals surface area contributed by atoms with Gasteiger partial charge in [0.2, 0.25) is 0 Å². The van der Waals surface area contributed by atoms with E-state index in [1.54, 1.807) is 24.3 Å². The molecule has 2 rings (SSSR count). The highest BCUT2D eigenvalue weighted by atomic mass is 19.1. The summed E-state index contributed by atoms with van der Waals surface area (Å²) in [6.45, 7) is 0.645. The van der Waals surface area contributed by atoms with E-state index in [4.69, 9.17) is 10.5 Å². The van der Waals surface area contributed by atoms with Gasteiger partial charge in [-0.15, -0.1) is 0 Å². The Bertz CT molecular complexity index is 563. The molecule has 0 radical (unpaired) electrons. The third-order valence-electron chi connectivity index (χ3n) is 2.33. The van der Waals surface area contributed by atoms with Crippen molar-refractivity contribution in [3.05, 3.63) is 48.2 Å². The molecule has 0 aliphatic carbocycles. The van der Waals surface area contributed by atoms with E-state index in [0.29, 0.717) is 24.6 Å². The number of nitrogen functional groups attached to an aromatic ring is 1. The Morgan fingerprint density at radius 1 is 1.26 bits per heavy atom. The Labute approximate surface area is 109 Å². The van der Waals surface area contributed by atoms with Crippen LogP contribution in [0.1, 0.15) is 0 Å². The quantitative estimate of drug-likeness (QED) is 0.644. The lowest BCUT2D eigenvalue weighted by Crippen LogP contribution is -2.13. The van der Waals surface area contributed by atoms with Gasteiger partial charge >= 0.3 is 0 Å². The number of anilines is 2. The summed E-state index contributed by atoms with van der Waals surface area (Å²) < 4.78 is 31.3. The van der Waals surface area contributed by atoms with Crippen molar-refractivity contribution in [2.24, 2.45) is 0 Å². The predicted molar refractivity (Wildman–Crippen MR) is 69.0 cm³/mol. The Morgan fingerprint density at radius 3 is 2.84 bits per heavy atom. The van der Waals surface area contributed by atoms with Gasteiger partial charge in [0.05, 0.1) is 12.7 Å². The number of rotatable bonds is 5. The van der Waals surface area contributed by atoms with Crippen LogP contribution >= 0.6 is 0 Å². The number of pyridine rings is 1. The van der Waals surface area contributed by atoms with Gasteiger partial charge < -0.3 is 15.8 Å². The molecule has 0 fully saturated rings. The molecule has 1 aromatic carbocycles. The van der Waals surface area contributed by atoms with Crippen LogP contribution in [0.4, 0.5) is 20.3 Å². The van der Waals surface area contributed by atoms with Crippen LogP contribution in [0.25, 0.3) is 0 Å². The number of hydrogen-bond acceptors (Lipinski definition) is 4. The number of halogens is 2. The molecule has 0 atom stereocenters. The lowest BCUT2D eigenvalue weighted by Gasteiger charge is -2.09. The molecule has 0 amide bonds. The van der Waals surface area contributed by atoms with Crippen LogP contribution in [0.5, 0.6) is 5.75 Å². The minimum atomic E-state index is -0.732. The fourth-order valence-corrected chi connectivity index (χ4v) is 1.49. The Balaban J connectivity index is 1.81. The molecule has 1 heterocycles. The van der Waals surface area contributed by atoms with Gasteiger partial charge in [-0.3, -0.25) is 0 Å². The molecule has 6 heteroatoms. The molecule has 0 saturated heterocycles. The molecule has 0 unspecified atom stereocenters. The van der Waals surface area contributed by atoms with E-state index < -0.39 is 11.6 Å². The van der Waals surface area contributed by atoms with E-state index in [-0.39, 0.29) is 5.82 Å². The number of nitrogens with two attached hydrogens (primary N) is 1. The zero-order valence-corrected chi connectivity index (χ0v) is 10.1.